The van der Waals surface area contributed by atoms with Crippen LogP contribution in [0.15, 0.2) is 0 Å². The van der Waals surface area contributed by atoms with Gasteiger partial charge in [-0.1, -0.05) is 0 Å². The maximum Gasteiger partial charge on any atom is 0.325 e. The van der Waals surface area contributed by atoms with Crippen molar-refractivity contribution in [3.05, 3.63) is 0 Å². The van der Waals surface area contributed by atoms with Crippen molar-refractivity contribution in [2.75, 3.05) is 13.6 Å². The molecule has 1 saturated heterocycles. The molecular formula is C8H15N3O2. The molecule has 1 aliphatic rings. The number of nitrogens with zero attached hydrogens (tertiary/aromatic N) is 1. The Morgan fingerprint density at radius 1 is 1.62 bits per heavy atom. The van der Waals surface area contributed by atoms with Gasteiger partial charge in [-0.3, -0.25) is 10.1 Å². The highest BCUT2D eigenvalue weighted by atomic mass is 16.2. The summed E-state index contributed by atoms with van der Waals surface area (Å²) in [7, 11) is 1.82. The van der Waals surface area contributed by atoms with E-state index in [4.69, 9.17) is 0 Å². The fraction of sp³-hybridized carbons (Fsp3) is 0.750. The molecule has 2 N–H and O–H groups in total. The van der Waals surface area contributed by atoms with Gasteiger partial charge in [-0.25, -0.2) is 4.79 Å². The van der Waals surface area contributed by atoms with Gasteiger partial charge >= 0.3 is 6.03 Å². The summed E-state index contributed by atoms with van der Waals surface area (Å²) in [5.74, 6) is -0.215. The van der Waals surface area contributed by atoms with E-state index in [0.717, 1.165) is 0 Å². The van der Waals surface area contributed by atoms with Crippen LogP contribution in [0.2, 0.25) is 0 Å². The lowest BCUT2D eigenvalue weighted by Crippen LogP contribution is -2.44. The molecule has 1 heterocycles. The number of likely N-dealkylation sites (N-methyl/N-ethyl adjacent to an activating group) is 1. The average Bonchev–Trinajstić information content (AvgIpc) is 2.27. The first kappa shape index (κ1) is 9.98. The largest absolute Gasteiger partial charge is 0.325 e. The second-order valence-electron chi connectivity index (χ2n) is 3.28. The minimum absolute atomic E-state index is 0.0337. The van der Waals surface area contributed by atoms with Crippen LogP contribution in [0.25, 0.3) is 0 Å². The van der Waals surface area contributed by atoms with Crippen molar-refractivity contribution >= 4 is 11.9 Å². The van der Waals surface area contributed by atoms with E-state index in [1.165, 1.54) is 0 Å². The van der Waals surface area contributed by atoms with Crippen LogP contribution in [0.3, 0.4) is 0 Å². The molecule has 3 amide bonds. The molecule has 0 aromatic rings. The quantitative estimate of drug-likeness (QED) is 0.585. The second-order valence-corrected chi connectivity index (χ2v) is 3.28. The Bertz CT molecular complexity index is 229. The third-order valence-corrected chi connectivity index (χ3v) is 2.24. The molecule has 13 heavy (non-hydrogen) atoms. The van der Waals surface area contributed by atoms with Crippen LogP contribution in [0, 0.1) is 0 Å². The Kier molecular flexibility index (Phi) is 2.87. The fourth-order valence-corrected chi connectivity index (χ4v) is 1.55. The van der Waals surface area contributed by atoms with Gasteiger partial charge in [0.05, 0.1) is 0 Å². The molecule has 5 heteroatoms. The van der Waals surface area contributed by atoms with Crippen LogP contribution in [0.4, 0.5) is 4.79 Å². The topological polar surface area (TPSA) is 61.4 Å². The molecule has 2 unspecified atom stereocenters. The number of imide groups is 1. The van der Waals surface area contributed by atoms with Crippen molar-refractivity contribution in [1.29, 1.82) is 0 Å². The number of carbonyl (C=O) groups excluding carboxylic acids is 2. The van der Waals surface area contributed by atoms with E-state index >= 15 is 0 Å². The molecule has 0 aromatic heterocycles. The van der Waals surface area contributed by atoms with E-state index in [-0.39, 0.29) is 24.0 Å². The summed E-state index contributed by atoms with van der Waals surface area (Å²) in [6.45, 7) is 4.32. The highest BCUT2D eigenvalue weighted by molar-refractivity contribution is 6.04. The Hall–Kier alpha value is -1.10. The molecule has 2 atom stereocenters. The van der Waals surface area contributed by atoms with E-state index in [0.29, 0.717) is 6.54 Å². The summed E-state index contributed by atoms with van der Waals surface area (Å²) in [5.41, 5.74) is 0. The first-order valence-corrected chi connectivity index (χ1v) is 4.35. The van der Waals surface area contributed by atoms with Gasteiger partial charge in [-0.05, 0) is 20.9 Å². The van der Waals surface area contributed by atoms with Crippen molar-refractivity contribution in [2.24, 2.45) is 0 Å². The third kappa shape index (κ3) is 1.80. The average molecular weight is 185 g/mol. The van der Waals surface area contributed by atoms with E-state index in [1.807, 2.05) is 14.0 Å². The van der Waals surface area contributed by atoms with Crippen LogP contribution >= 0.6 is 0 Å². The van der Waals surface area contributed by atoms with E-state index in [2.05, 4.69) is 10.6 Å². The van der Waals surface area contributed by atoms with Crippen molar-refractivity contribution in [3.63, 3.8) is 0 Å². The Balaban J connectivity index is 2.67. The lowest BCUT2D eigenvalue weighted by molar-refractivity contribution is -0.121. The van der Waals surface area contributed by atoms with Gasteiger partial charge < -0.3 is 10.2 Å². The first-order valence-electron chi connectivity index (χ1n) is 4.35. The van der Waals surface area contributed by atoms with Crippen molar-refractivity contribution in [1.82, 2.24) is 15.5 Å². The molecule has 74 valence electrons. The predicted molar refractivity (Wildman–Crippen MR) is 48.2 cm³/mol. The molecule has 0 aliphatic carbocycles. The van der Waals surface area contributed by atoms with Crippen LogP contribution in [-0.4, -0.2) is 42.5 Å². The molecule has 0 bridgehead atoms. The predicted octanol–water partition coefficient (Wildman–Crippen LogP) is -0.465. The van der Waals surface area contributed by atoms with Crippen molar-refractivity contribution in [3.8, 4) is 0 Å². The van der Waals surface area contributed by atoms with Crippen LogP contribution in [-0.2, 0) is 4.79 Å². The summed E-state index contributed by atoms with van der Waals surface area (Å²) in [5, 5.41) is 5.24. The smallest absolute Gasteiger partial charge is 0.318 e. The zero-order valence-corrected chi connectivity index (χ0v) is 8.13. The molecular weight excluding hydrogens is 170 g/mol. The number of urea groups is 1. The highest BCUT2D eigenvalue weighted by Gasteiger charge is 2.37. The number of hydrogen-bond acceptors (Lipinski definition) is 3. The molecule has 1 rings (SSSR count). The summed E-state index contributed by atoms with van der Waals surface area (Å²) in [4.78, 5) is 23.9. The Morgan fingerprint density at radius 3 is 2.62 bits per heavy atom. The third-order valence-electron chi connectivity index (χ3n) is 2.24. The van der Waals surface area contributed by atoms with Gasteiger partial charge in [-0.2, -0.15) is 0 Å². The monoisotopic (exact) mass is 185 g/mol. The summed E-state index contributed by atoms with van der Waals surface area (Å²) in [6.07, 6.45) is 0. The van der Waals surface area contributed by atoms with Gasteiger partial charge in [0.2, 0.25) is 0 Å². The van der Waals surface area contributed by atoms with Gasteiger partial charge in [0.1, 0.15) is 6.04 Å². The number of amides is 3. The summed E-state index contributed by atoms with van der Waals surface area (Å²) >= 11 is 0. The van der Waals surface area contributed by atoms with Gasteiger partial charge in [0, 0.05) is 12.6 Å². The zero-order valence-electron chi connectivity index (χ0n) is 8.13. The Morgan fingerprint density at radius 2 is 2.23 bits per heavy atom. The zero-order chi connectivity index (χ0) is 10.0. The van der Waals surface area contributed by atoms with Gasteiger partial charge in [0.15, 0.2) is 0 Å². The number of rotatable bonds is 3. The minimum Gasteiger partial charge on any atom is -0.318 e. The van der Waals surface area contributed by atoms with Crippen molar-refractivity contribution < 1.29 is 9.59 Å². The van der Waals surface area contributed by atoms with Gasteiger partial charge in [0.25, 0.3) is 5.91 Å². The number of hydrogen-bond donors (Lipinski definition) is 2. The SMILES string of the molecule is CNCC(C)N1C(=O)NC(=O)C1C. The lowest BCUT2D eigenvalue weighted by atomic mass is 10.2. The maximum atomic E-state index is 11.3. The highest BCUT2D eigenvalue weighted by Crippen LogP contribution is 2.11. The van der Waals surface area contributed by atoms with Crippen LogP contribution in [0.1, 0.15) is 13.8 Å². The first-order chi connectivity index (χ1) is 6.07. The Labute approximate surface area is 77.5 Å². The lowest BCUT2D eigenvalue weighted by Gasteiger charge is -2.25. The molecule has 0 saturated carbocycles. The van der Waals surface area contributed by atoms with E-state index in [1.54, 1.807) is 11.8 Å². The van der Waals surface area contributed by atoms with Gasteiger partial charge in [-0.15, -0.1) is 0 Å². The molecule has 1 fully saturated rings. The molecule has 5 nitrogen and oxygen atoms in total. The van der Waals surface area contributed by atoms with Crippen LogP contribution in [0.5, 0.6) is 0 Å². The maximum absolute atomic E-state index is 11.3. The summed E-state index contributed by atoms with van der Waals surface area (Å²) in [6, 6.07) is -0.609. The van der Waals surface area contributed by atoms with Crippen molar-refractivity contribution in [2.45, 2.75) is 25.9 Å². The minimum atomic E-state index is -0.351. The molecule has 0 aromatic carbocycles. The normalized spacial score (nSPS) is 24.8. The fourth-order valence-electron chi connectivity index (χ4n) is 1.55. The standard InChI is InChI=1S/C8H15N3O2/c1-5(4-9-3)11-6(2)7(12)10-8(11)13/h5-6,9H,4H2,1-3H3,(H,10,12,13). The molecule has 0 spiro atoms. The summed E-state index contributed by atoms with van der Waals surface area (Å²) < 4.78 is 0. The second kappa shape index (κ2) is 3.74. The van der Waals surface area contributed by atoms with E-state index < -0.39 is 0 Å². The number of carbonyl (C=O) groups is 2. The number of nitrogens with one attached hydrogen (secondary N) is 2. The van der Waals surface area contributed by atoms with Crippen LogP contribution < -0.4 is 10.6 Å². The molecule has 0 radical (unpaired) electrons. The molecule has 1 aliphatic heterocycles. The van der Waals surface area contributed by atoms with E-state index in [9.17, 15) is 9.59 Å².